The third-order valence-corrected chi connectivity index (χ3v) is 3.71. The number of halogens is 1. The predicted molar refractivity (Wildman–Crippen MR) is 70.0 cm³/mol. The van der Waals surface area contributed by atoms with Crippen LogP contribution in [0, 0.1) is 12.3 Å². The van der Waals surface area contributed by atoms with Gasteiger partial charge in [-0.3, -0.25) is 0 Å². The van der Waals surface area contributed by atoms with E-state index >= 15 is 0 Å². The molecule has 1 N–H and O–H groups in total. The highest BCUT2D eigenvalue weighted by molar-refractivity contribution is 6.31. The van der Waals surface area contributed by atoms with Crippen LogP contribution >= 0.6 is 11.6 Å². The van der Waals surface area contributed by atoms with E-state index in [9.17, 15) is 5.11 Å². The van der Waals surface area contributed by atoms with E-state index < -0.39 is 5.60 Å². The van der Waals surface area contributed by atoms with Crippen LogP contribution in [0.1, 0.15) is 38.8 Å². The molecular weight excluding hydrogens is 220 g/mol. The van der Waals surface area contributed by atoms with Gasteiger partial charge < -0.3 is 5.11 Å². The molecule has 0 radical (unpaired) electrons. The minimum absolute atomic E-state index is 0.165. The first-order valence-electron chi connectivity index (χ1n) is 5.61. The van der Waals surface area contributed by atoms with E-state index in [4.69, 9.17) is 11.6 Å². The average Bonchev–Trinajstić information content (AvgIpc) is 2.08. The molecule has 1 atom stereocenters. The highest BCUT2D eigenvalue weighted by atomic mass is 35.5. The van der Waals surface area contributed by atoms with Gasteiger partial charge in [-0.05, 0) is 36.5 Å². The van der Waals surface area contributed by atoms with Crippen LogP contribution in [-0.4, -0.2) is 10.7 Å². The molecule has 1 rings (SSSR count). The Kier molecular flexibility index (Phi) is 3.71. The summed E-state index contributed by atoms with van der Waals surface area (Å²) in [5, 5.41) is 11.2. The molecule has 0 spiro atoms. The fourth-order valence-corrected chi connectivity index (χ4v) is 1.73. The van der Waals surface area contributed by atoms with E-state index in [1.54, 1.807) is 0 Å². The van der Waals surface area contributed by atoms with Crippen molar-refractivity contribution in [2.24, 2.45) is 5.41 Å². The minimum Gasteiger partial charge on any atom is -0.389 e. The van der Waals surface area contributed by atoms with Crippen LogP contribution < -0.4 is 0 Å². The van der Waals surface area contributed by atoms with Crippen molar-refractivity contribution in [2.45, 2.75) is 46.6 Å². The lowest BCUT2D eigenvalue weighted by molar-refractivity contribution is -0.0405. The fourth-order valence-electron chi connectivity index (χ4n) is 1.43. The maximum Gasteiger partial charge on any atom is 0.0708 e. The highest BCUT2D eigenvalue weighted by Gasteiger charge is 2.35. The summed E-state index contributed by atoms with van der Waals surface area (Å²) in [7, 11) is 0. The zero-order valence-corrected chi connectivity index (χ0v) is 11.5. The molecule has 0 saturated carbocycles. The molecule has 0 aromatic heterocycles. The summed E-state index contributed by atoms with van der Waals surface area (Å²) in [5.41, 5.74) is 1.23. The van der Waals surface area contributed by atoms with E-state index in [0.717, 1.165) is 16.1 Å². The predicted octanol–water partition coefficient (Wildman–Crippen LogP) is 3.99. The largest absolute Gasteiger partial charge is 0.389 e. The Hall–Kier alpha value is -0.530. The van der Waals surface area contributed by atoms with Crippen molar-refractivity contribution in [3.8, 4) is 0 Å². The second-order valence-electron chi connectivity index (χ2n) is 5.80. The van der Waals surface area contributed by atoms with Gasteiger partial charge in [0.05, 0.1) is 5.60 Å². The summed E-state index contributed by atoms with van der Waals surface area (Å²) < 4.78 is 0. The zero-order valence-electron chi connectivity index (χ0n) is 10.8. The highest BCUT2D eigenvalue weighted by Crippen LogP contribution is 2.34. The SMILES string of the molecule is Cc1ccc(CC(C)(O)C(C)(C)C)c(Cl)c1. The third-order valence-electron chi connectivity index (χ3n) is 3.36. The van der Waals surface area contributed by atoms with Crippen LogP contribution in [0.3, 0.4) is 0 Å². The second kappa shape index (κ2) is 4.38. The van der Waals surface area contributed by atoms with Gasteiger partial charge in [0, 0.05) is 11.4 Å². The molecule has 0 bridgehead atoms. The van der Waals surface area contributed by atoms with Crippen LogP contribution in [0.4, 0.5) is 0 Å². The van der Waals surface area contributed by atoms with Crippen LogP contribution in [0.5, 0.6) is 0 Å². The van der Waals surface area contributed by atoms with Crippen molar-refractivity contribution in [2.75, 3.05) is 0 Å². The van der Waals surface area contributed by atoms with Crippen molar-refractivity contribution >= 4 is 11.6 Å². The number of aliphatic hydroxyl groups is 1. The van der Waals surface area contributed by atoms with Crippen LogP contribution in [0.15, 0.2) is 18.2 Å². The normalized spacial score (nSPS) is 15.9. The second-order valence-corrected chi connectivity index (χ2v) is 6.20. The van der Waals surface area contributed by atoms with Gasteiger partial charge in [-0.1, -0.05) is 44.5 Å². The van der Waals surface area contributed by atoms with Gasteiger partial charge in [0.2, 0.25) is 0 Å². The first kappa shape index (κ1) is 13.5. The van der Waals surface area contributed by atoms with Gasteiger partial charge in [-0.15, -0.1) is 0 Å². The Morgan fingerprint density at radius 1 is 1.19 bits per heavy atom. The molecular formula is C14H21ClO. The summed E-state index contributed by atoms with van der Waals surface area (Å²) in [6.45, 7) is 9.99. The van der Waals surface area contributed by atoms with Gasteiger partial charge in [-0.2, -0.15) is 0 Å². The summed E-state index contributed by atoms with van der Waals surface area (Å²) in [6.07, 6.45) is 0.579. The van der Waals surface area contributed by atoms with E-state index in [1.807, 2.05) is 52.8 Å². The summed E-state index contributed by atoms with van der Waals surface area (Å²) in [5.74, 6) is 0. The van der Waals surface area contributed by atoms with Gasteiger partial charge in [0.25, 0.3) is 0 Å². The van der Waals surface area contributed by atoms with E-state index in [0.29, 0.717) is 6.42 Å². The molecule has 1 aromatic carbocycles. The molecule has 90 valence electrons. The average molecular weight is 241 g/mol. The summed E-state index contributed by atoms with van der Waals surface area (Å²) >= 11 is 6.17. The summed E-state index contributed by atoms with van der Waals surface area (Å²) in [4.78, 5) is 0. The molecule has 0 aliphatic carbocycles. The van der Waals surface area contributed by atoms with Gasteiger partial charge in [-0.25, -0.2) is 0 Å². The quantitative estimate of drug-likeness (QED) is 0.829. The van der Waals surface area contributed by atoms with Crippen molar-refractivity contribution in [3.05, 3.63) is 34.3 Å². The first-order valence-corrected chi connectivity index (χ1v) is 5.99. The van der Waals surface area contributed by atoms with Gasteiger partial charge >= 0.3 is 0 Å². The maximum atomic E-state index is 10.4. The van der Waals surface area contributed by atoms with Gasteiger partial charge in [0.1, 0.15) is 0 Å². The number of aryl methyl sites for hydroxylation is 1. The molecule has 1 nitrogen and oxygen atoms in total. The van der Waals surface area contributed by atoms with Crippen molar-refractivity contribution in [1.82, 2.24) is 0 Å². The van der Waals surface area contributed by atoms with Crippen LogP contribution in [-0.2, 0) is 6.42 Å². The Morgan fingerprint density at radius 2 is 1.75 bits per heavy atom. The van der Waals surface area contributed by atoms with Crippen molar-refractivity contribution < 1.29 is 5.11 Å². The van der Waals surface area contributed by atoms with Crippen molar-refractivity contribution in [3.63, 3.8) is 0 Å². The zero-order chi connectivity index (χ0) is 12.6. The van der Waals surface area contributed by atoms with E-state index in [2.05, 4.69) is 0 Å². The molecule has 16 heavy (non-hydrogen) atoms. The number of rotatable bonds is 2. The topological polar surface area (TPSA) is 20.2 Å². The molecule has 0 amide bonds. The third kappa shape index (κ3) is 2.99. The Balaban J connectivity index is 2.97. The lowest BCUT2D eigenvalue weighted by Crippen LogP contribution is -2.41. The van der Waals surface area contributed by atoms with Crippen LogP contribution in [0.2, 0.25) is 5.02 Å². The van der Waals surface area contributed by atoms with Crippen molar-refractivity contribution in [1.29, 1.82) is 0 Å². The Bertz CT molecular complexity index is 375. The molecule has 2 heteroatoms. The first-order chi connectivity index (χ1) is 7.13. The van der Waals surface area contributed by atoms with E-state index in [-0.39, 0.29) is 5.41 Å². The Morgan fingerprint density at radius 3 is 2.19 bits per heavy atom. The number of hydrogen-bond acceptors (Lipinski definition) is 1. The Labute approximate surface area is 103 Å². The smallest absolute Gasteiger partial charge is 0.0708 e. The number of benzene rings is 1. The van der Waals surface area contributed by atoms with Gasteiger partial charge in [0.15, 0.2) is 0 Å². The molecule has 0 fully saturated rings. The number of hydrogen-bond donors (Lipinski definition) is 1. The lowest BCUT2D eigenvalue weighted by Gasteiger charge is -2.37. The molecule has 1 unspecified atom stereocenters. The van der Waals surface area contributed by atoms with Crippen LogP contribution in [0.25, 0.3) is 0 Å². The lowest BCUT2D eigenvalue weighted by atomic mass is 9.74. The fraction of sp³-hybridized carbons (Fsp3) is 0.571. The molecule has 0 aliphatic rings. The molecule has 0 aliphatic heterocycles. The molecule has 0 saturated heterocycles. The molecule has 0 heterocycles. The van der Waals surface area contributed by atoms with E-state index in [1.165, 1.54) is 0 Å². The standard InChI is InChI=1S/C14H21ClO/c1-10-6-7-11(12(15)8-10)9-14(5,16)13(2,3)4/h6-8,16H,9H2,1-5H3. The molecule has 1 aromatic rings. The monoisotopic (exact) mass is 240 g/mol. The summed E-state index contributed by atoms with van der Waals surface area (Å²) in [6, 6.07) is 5.97. The minimum atomic E-state index is -0.758. The maximum absolute atomic E-state index is 10.4.